The van der Waals surface area contributed by atoms with Crippen molar-refractivity contribution < 1.29 is 9.90 Å². The van der Waals surface area contributed by atoms with Crippen LogP contribution in [0.5, 0.6) is 0 Å². The maximum Gasteiger partial charge on any atom is 0.251 e. The number of aromatic nitrogens is 2. The van der Waals surface area contributed by atoms with Crippen molar-refractivity contribution in [2.45, 2.75) is 32.3 Å². The fourth-order valence-electron chi connectivity index (χ4n) is 2.92. The molecule has 3 rings (SSSR count). The third-order valence-electron chi connectivity index (χ3n) is 4.39. The van der Waals surface area contributed by atoms with Gasteiger partial charge in [-0.1, -0.05) is 0 Å². The Labute approximate surface area is 146 Å². The summed E-state index contributed by atoms with van der Waals surface area (Å²) in [4.78, 5) is 12.3. The molecule has 1 aliphatic rings. The maximum absolute atomic E-state index is 12.3. The summed E-state index contributed by atoms with van der Waals surface area (Å²) in [6, 6.07) is 9.38. The Morgan fingerprint density at radius 2 is 1.96 bits per heavy atom. The number of aliphatic hydroxyl groups is 1. The van der Waals surface area contributed by atoms with Gasteiger partial charge in [0.25, 0.3) is 5.91 Å². The van der Waals surface area contributed by atoms with Crippen molar-refractivity contribution in [1.29, 1.82) is 0 Å². The van der Waals surface area contributed by atoms with E-state index in [2.05, 4.69) is 10.4 Å². The van der Waals surface area contributed by atoms with E-state index < -0.39 is 5.60 Å². The number of nitrogens with zero attached hydrogens (tertiary/aromatic N) is 2. The van der Waals surface area contributed by atoms with Crippen LogP contribution in [0.25, 0.3) is 5.69 Å². The average molecular weight is 345 g/mol. The smallest absolute Gasteiger partial charge is 0.251 e. The predicted octanol–water partition coefficient (Wildman–Crippen LogP) is 2.48. The van der Waals surface area contributed by atoms with Gasteiger partial charge in [0.1, 0.15) is 0 Å². The molecule has 0 aliphatic carbocycles. The predicted molar refractivity (Wildman–Crippen MR) is 96.9 cm³/mol. The zero-order chi connectivity index (χ0) is 17.2. The van der Waals surface area contributed by atoms with E-state index in [0.29, 0.717) is 12.1 Å². The quantitative estimate of drug-likeness (QED) is 0.893. The van der Waals surface area contributed by atoms with Crippen molar-refractivity contribution in [1.82, 2.24) is 15.1 Å². The number of nitrogens with one attached hydrogen (secondary N) is 1. The van der Waals surface area contributed by atoms with E-state index >= 15 is 0 Å². The normalized spacial score (nSPS) is 16.8. The SMILES string of the molecule is Cc1cc(C)n(-c2ccc(C(=O)NCC3(O)CCSCC3)cc2)n1. The van der Waals surface area contributed by atoms with Gasteiger partial charge in [-0.05, 0) is 68.5 Å². The second-order valence-electron chi connectivity index (χ2n) is 6.41. The molecule has 0 saturated carbocycles. The molecule has 0 atom stereocenters. The van der Waals surface area contributed by atoms with Gasteiger partial charge in [-0.15, -0.1) is 0 Å². The van der Waals surface area contributed by atoms with E-state index in [-0.39, 0.29) is 5.91 Å². The van der Waals surface area contributed by atoms with Crippen molar-refractivity contribution >= 4 is 17.7 Å². The number of carbonyl (C=O) groups excluding carboxylic acids is 1. The Hall–Kier alpha value is -1.79. The molecule has 128 valence electrons. The molecule has 1 saturated heterocycles. The van der Waals surface area contributed by atoms with E-state index in [1.165, 1.54) is 0 Å². The fourth-order valence-corrected chi connectivity index (χ4v) is 4.17. The van der Waals surface area contributed by atoms with Crippen LogP contribution in [-0.4, -0.2) is 44.4 Å². The van der Waals surface area contributed by atoms with E-state index in [1.807, 2.05) is 48.5 Å². The van der Waals surface area contributed by atoms with Crippen LogP contribution in [0.15, 0.2) is 30.3 Å². The van der Waals surface area contributed by atoms with Gasteiger partial charge in [0.2, 0.25) is 0 Å². The Morgan fingerprint density at radius 1 is 1.29 bits per heavy atom. The maximum atomic E-state index is 12.3. The minimum atomic E-state index is -0.759. The molecule has 1 amide bonds. The van der Waals surface area contributed by atoms with Crippen molar-refractivity contribution in [2.75, 3.05) is 18.1 Å². The Kier molecular flexibility index (Phi) is 4.96. The molecule has 0 spiro atoms. The second-order valence-corrected chi connectivity index (χ2v) is 7.63. The molecular formula is C18H23N3O2S. The summed E-state index contributed by atoms with van der Waals surface area (Å²) in [5.41, 5.74) is 2.79. The van der Waals surface area contributed by atoms with Gasteiger partial charge in [-0.3, -0.25) is 4.79 Å². The molecule has 0 bridgehead atoms. The first-order valence-corrected chi connectivity index (χ1v) is 9.34. The molecule has 2 aromatic rings. The monoisotopic (exact) mass is 345 g/mol. The number of hydrogen-bond acceptors (Lipinski definition) is 4. The zero-order valence-electron chi connectivity index (χ0n) is 14.1. The highest BCUT2D eigenvalue weighted by Crippen LogP contribution is 2.26. The third-order valence-corrected chi connectivity index (χ3v) is 5.37. The van der Waals surface area contributed by atoms with Crippen molar-refractivity contribution in [3.63, 3.8) is 0 Å². The lowest BCUT2D eigenvalue weighted by molar-refractivity contribution is 0.0311. The molecule has 0 radical (unpaired) electrons. The van der Waals surface area contributed by atoms with Crippen LogP contribution in [0.4, 0.5) is 0 Å². The molecular weight excluding hydrogens is 322 g/mol. The third kappa shape index (κ3) is 3.82. The number of carbonyl (C=O) groups is 1. The van der Waals surface area contributed by atoms with Crippen molar-refractivity contribution in [3.05, 3.63) is 47.3 Å². The van der Waals surface area contributed by atoms with Crippen LogP contribution in [0.2, 0.25) is 0 Å². The van der Waals surface area contributed by atoms with Crippen molar-refractivity contribution in [3.8, 4) is 5.69 Å². The molecule has 24 heavy (non-hydrogen) atoms. The highest BCUT2D eigenvalue weighted by Gasteiger charge is 2.29. The van der Waals surface area contributed by atoms with Gasteiger partial charge in [0.15, 0.2) is 0 Å². The molecule has 0 unspecified atom stereocenters. The topological polar surface area (TPSA) is 67.2 Å². The van der Waals surface area contributed by atoms with Gasteiger partial charge >= 0.3 is 0 Å². The standard InChI is InChI=1S/C18H23N3O2S/c1-13-11-14(2)21(20-13)16-5-3-15(4-6-16)17(22)19-12-18(23)7-9-24-10-8-18/h3-6,11,23H,7-10,12H2,1-2H3,(H,19,22). The molecule has 2 heterocycles. The van der Waals surface area contributed by atoms with Crippen molar-refractivity contribution in [2.24, 2.45) is 0 Å². The molecule has 1 aliphatic heterocycles. The molecule has 1 fully saturated rings. The van der Waals surface area contributed by atoms with Crippen LogP contribution in [-0.2, 0) is 0 Å². The molecule has 5 nitrogen and oxygen atoms in total. The molecule has 2 N–H and O–H groups in total. The summed E-state index contributed by atoms with van der Waals surface area (Å²) < 4.78 is 1.86. The minimum Gasteiger partial charge on any atom is -0.388 e. The van der Waals surface area contributed by atoms with E-state index in [1.54, 1.807) is 12.1 Å². The number of amides is 1. The summed E-state index contributed by atoms with van der Waals surface area (Å²) in [5.74, 6) is 1.74. The fraction of sp³-hybridized carbons (Fsp3) is 0.444. The number of aryl methyl sites for hydroxylation is 2. The molecule has 1 aromatic carbocycles. The second kappa shape index (κ2) is 6.99. The van der Waals surface area contributed by atoms with Crippen LogP contribution in [0.1, 0.15) is 34.6 Å². The van der Waals surface area contributed by atoms with Gasteiger partial charge in [-0.25, -0.2) is 4.68 Å². The van der Waals surface area contributed by atoms with Crippen LogP contribution >= 0.6 is 11.8 Å². The molecule has 6 heteroatoms. The van der Waals surface area contributed by atoms with E-state index in [0.717, 1.165) is 41.4 Å². The van der Waals surface area contributed by atoms with Gasteiger partial charge in [-0.2, -0.15) is 16.9 Å². The molecule has 1 aromatic heterocycles. The lowest BCUT2D eigenvalue weighted by atomic mass is 9.97. The van der Waals surface area contributed by atoms with Crippen LogP contribution < -0.4 is 5.32 Å². The summed E-state index contributed by atoms with van der Waals surface area (Å²) in [7, 11) is 0. The first-order chi connectivity index (χ1) is 11.5. The number of thioether (sulfide) groups is 1. The number of benzene rings is 1. The number of hydrogen-bond donors (Lipinski definition) is 2. The summed E-state index contributed by atoms with van der Waals surface area (Å²) >= 11 is 1.85. The van der Waals surface area contributed by atoms with Crippen LogP contribution in [0.3, 0.4) is 0 Å². The lowest BCUT2D eigenvalue weighted by Crippen LogP contribution is -2.45. The van der Waals surface area contributed by atoms with E-state index in [4.69, 9.17) is 0 Å². The summed E-state index contributed by atoms with van der Waals surface area (Å²) in [6.07, 6.45) is 1.46. The van der Waals surface area contributed by atoms with Gasteiger partial charge in [0.05, 0.1) is 17.0 Å². The zero-order valence-corrected chi connectivity index (χ0v) is 14.9. The van der Waals surface area contributed by atoms with Crippen LogP contribution in [0, 0.1) is 13.8 Å². The minimum absolute atomic E-state index is 0.151. The highest BCUT2D eigenvalue weighted by molar-refractivity contribution is 7.99. The summed E-state index contributed by atoms with van der Waals surface area (Å²) in [5, 5.41) is 17.8. The highest BCUT2D eigenvalue weighted by atomic mass is 32.2. The van der Waals surface area contributed by atoms with Gasteiger partial charge < -0.3 is 10.4 Å². The summed E-state index contributed by atoms with van der Waals surface area (Å²) in [6.45, 7) is 4.27. The Morgan fingerprint density at radius 3 is 2.54 bits per heavy atom. The van der Waals surface area contributed by atoms with E-state index in [9.17, 15) is 9.90 Å². The largest absolute Gasteiger partial charge is 0.388 e. The number of rotatable bonds is 4. The Balaban J connectivity index is 1.64. The Bertz CT molecular complexity index is 718. The first kappa shape index (κ1) is 17.0. The lowest BCUT2D eigenvalue weighted by Gasteiger charge is -2.31. The first-order valence-electron chi connectivity index (χ1n) is 8.19. The van der Waals surface area contributed by atoms with Gasteiger partial charge in [0, 0.05) is 17.8 Å². The average Bonchev–Trinajstić information content (AvgIpc) is 2.92.